The Bertz CT molecular complexity index is 606. The minimum absolute atomic E-state index is 0.0398. The molecule has 2 heterocycles. The third kappa shape index (κ3) is 1.81. The number of aliphatic hydroxyl groups excluding tert-OH is 1. The average Bonchev–Trinajstić information content (AvgIpc) is 2.66. The van der Waals surface area contributed by atoms with Gasteiger partial charge >= 0.3 is 0 Å². The number of nitrogens with two attached hydrogens (primary N) is 1. The molecule has 0 saturated heterocycles. The average molecular weight is 264 g/mol. The van der Waals surface area contributed by atoms with E-state index in [1.807, 2.05) is 0 Å². The van der Waals surface area contributed by atoms with Crippen LogP contribution in [0.5, 0.6) is 0 Å². The van der Waals surface area contributed by atoms with Crippen LogP contribution in [0.25, 0.3) is 10.3 Å². The molecule has 0 radical (unpaired) electrons. The highest BCUT2D eigenvalue weighted by Crippen LogP contribution is 2.31. The number of amides is 1. The molecular formula is C11H12N4O2S. The first-order chi connectivity index (χ1) is 8.65. The van der Waals surface area contributed by atoms with Gasteiger partial charge in [-0.05, 0) is 12.8 Å². The number of anilines is 1. The number of hydrogen-bond acceptors (Lipinski definition) is 6. The molecule has 1 fully saturated rings. The maximum Gasteiger partial charge on any atom is 0.263 e. The molecule has 0 aliphatic heterocycles. The molecule has 6 nitrogen and oxygen atoms in total. The van der Waals surface area contributed by atoms with E-state index in [-0.39, 0.29) is 18.1 Å². The van der Waals surface area contributed by atoms with Crippen molar-refractivity contribution in [1.82, 2.24) is 15.3 Å². The van der Waals surface area contributed by atoms with Gasteiger partial charge in [0.1, 0.15) is 15.2 Å². The summed E-state index contributed by atoms with van der Waals surface area (Å²) in [6.07, 6.45) is 4.04. The fourth-order valence-electron chi connectivity index (χ4n) is 1.97. The Morgan fingerprint density at radius 3 is 2.83 bits per heavy atom. The Morgan fingerprint density at radius 2 is 2.17 bits per heavy atom. The summed E-state index contributed by atoms with van der Waals surface area (Å²) in [4.78, 5) is 21.4. The topological polar surface area (TPSA) is 101 Å². The van der Waals surface area contributed by atoms with Gasteiger partial charge in [-0.15, -0.1) is 11.3 Å². The molecule has 18 heavy (non-hydrogen) atoms. The fourth-order valence-corrected chi connectivity index (χ4v) is 2.89. The van der Waals surface area contributed by atoms with Crippen molar-refractivity contribution in [2.75, 3.05) is 5.73 Å². The van der Waals surface area contributed by atoms with E-state index in [0.717, 1.165) is 0 Å². The molecule has 0 atom stereocenters. The van der Waals surface area contributed by atoms with Crippen molar-refractivity contribution in [3.63, 3.8) is 0 Å². The Kier molecular flexibility index (Phi) is 2.64. The molecule has 7 heteroatoms. The maximum atomic E-state index is 12.0. The molecule has 0 bridgehead atoms. The van der Waals surface area contributed by atoms with E-state index in [9.17, 15) is 9.90 Å². The Hall–Kier alpha value is -1.73. The van der Waals surface area contributed by atoms with Crippen molar-refractivity contribution >= 4 is 33.3 Å². The zero-order valence-electron chi connectivity index (χ0n) is 9.46. The van der Waals surface area contributed by atoms with E-state index in [4.69, 9.17) is 5.73 Å². The number of aliphatic hydroxyl groups is 1. The Balaban J connectivity index is 1.85. The molecule has 1 aliphatic rings. The smallest absolute Gasteiger partial charge is 0.263 e. The van der Waals surface area contributed by atoms with Crippen LogP contribution in [0.4, 0.5) is 5.69 Å². The minimum atomic E-state index is -0.293. The monoisotopic (exact) mass is 264 g/mol. The number of aromatic nitrogens is 2. The summed E-state index contributed by atoms with van der Waals surface area (Å²) >= 11 is 1.24. The first-order valence-electron chi connectivity index (χ1n) is 5.63. The standard InChI is InChI=1S/C11H12N4O2S/c12-7-8-11(14-2-1-13-8)18-9(7)10(17)15-5-3-6(16)4-5/h1-2,5-6,16H,3-4,12H2,(H,15,17). The van der Waals surface area contributed by atoms with Gasteiger partial charge in [0.2, 0.25) is 0 Å². The third-order valence-corrected chi connectivity index (χ3v) is 4.12. The summed E-state index contributed by atoms with van der Waals surface area (Å²) in [6, 6.07) is 0.0398. The highest BCUT2D eigenvalue weighted by molar-refractivity contribution is 7.21. The van der Waals surface area contributed by atoms with E-state index >= 15 is 0 Å². The number of nitrogens with zero attached hydrogens (tertiary/aromatic N) is 2. The molecule has 3 rings (SSSR count). The summed E-state index contributed by atoms with van der Waals surface area (Å²) in [6.45, 7) is 0. The zero-order valence-corrected chi connectivity index (χ0v) is 10.3. The molecule has 1 aliphatic carbocycles. The SMILES string of the molecule is Nc1c(C(=O)NC2CC(O)C2)sc2nccnc12. The van der Waals surface area contributed by atoms with Gasteiger partial charge in [0.15, 0.2) is 0 Å². The summed E-state index contributed by atoms with van der Waals surface area (Å²) in [7, 11) is 0. The fraction of sp³-hybridized carbons (Fsp3) is 0.364. The lowest BCUT2D eigenvalue weighted by Gasteiger charge is -2.31. The number of thiophene rings is 1. The van der Waals surface area contributed by atoms with Crippen LogP contribution in [0, 0.1) is 0 Å². The molecule has 2 aromatic rings. The van der Waals surface area contributed by atoms with Crippen LogP contribution >= 0.6 is 11.3 Å². The van der Waals surface area contributed by atoms with E-state index in [1.165, 1.54) is 11.3 Å². The Labute approximate surface area is 107 Å². The first-order valence-corrected chi connectivity index (χ1v) is 6.44. The van der Waals surface area contributed by atoms with Crippen molar-refractivity contribution in [2.24, 2.45) is 0 Å². The van der Waals surface area contributed by atoms with Gasteiger partial charge in [-0.1, -0.05) is 0 Å². The molecule has 4 N–H and O–H groups in total. The van der Waals surface area contributed by atoms with Crippen molar-refractivity contribution in [3.8, 4) is 0 Å². The van der Waals surface area contributed by atoms with Gasteiger partial charge in [0, 0.05) is 18.4 Å². The first kappa shape index (κ1) is 11.4. The summed E-state index contributed by atoms with van der Waals surface area (Å²) < 4.78 is 0. The molecule has 94 valence electrons. The van der Waals surface area contributed by atoms with E-state index in [0.29, 0.717) is 33.8 Å². The zero-order chi connectivity index (χ0) is 12.7. The van der Waals surface area contributed by atoms with Gasteiger partial charge in [-0.2, -0.15) is 0 Å². The maximum absolute atomic E-state index is 12.0. The predicted octanol–water partition coefficient (Wildman–Crippen LogP) is 0.527. The largest absolute Gasteiger partial charge is 0.396 e. The minimum Gasteiger partial charge on any atom is -0.396 e. The van der Waals surface area contributed by atoms with Crippen LogP contribution in [0.2, 0.25) is 0 Å². The molecule has 0 unspecified atom stereocenters. The normalized spacial score (nSPS) is 22.7. The quantitative estimate of drug-likeness (QED) is 0.734. The lowest BCUT2D eigenvalue weighted by molar-refractivity contribution is 0.0565. The molecule has 0 aromatic carbocycles. The predicted molar refractivity (Wildman–Crippen MR) is 68.3 cm³/mol. The number of carbonyl (C=O) groups is 1. The lowest BCUT2D eigenvalue weighted by atomic mass is 9.89. The summed E-state index contributed by atoms with van der Waals surface area (Å²) in [5, 5.41) is 12.0. The van der Waals surface area contributed by atoms with E-state index in [1.54, 1.807) is 12.4 Å². The number of nitrogen functional groups attached to an aromatic ring is 1. The number of nitrogens with one attached hydrogen (secondary N) is 1. The van der Waals surface area contributed by atoms with Gasteiger partial charge in [-0.25, -0.2) is 9.97 Å². The van der Waals surface area contributed by atoms with Crippen LogP contribution in [0.3, 0.4) is 0 Å². The van der Waals surface area contributed by atoms with Crippen LogP contribution in [0.15, 0.2) is 12.4 Å². The van der Waals surface area contributed by atoms with Gasteiger partial charge in [-0.3, -0.25) is 4.79 Å². The van der Waals surface area contributed by atoms with Crippen molar-refractivity contribution in [1.29, 1.82) is 0 Å². The van der Waals surface area contributed by atoms with Gasteiger partial charge in [0.05, 0.1) is 11.8 Å². The molecular weight excluding hydrogens is 252 g/mol. The Morgan fingerprint density at radius 1 is 1.44 bits per heavy atom. The molecule has 1 amide bonds. The highest BCUT2D eigenvalue weighted by Gasteiger charge is 2.30. The van der Waals surface area contributed by atoms with Crippen LogP contribution in [0.1, 0.15) is 22.5 Å². The van der Waals surface area contributed by atoms with Crippen molar-refractivity contribution in [2.45, 2.75) is 25.0 Å². The molecule has 1 saturated carbocycles. The molecule has 2 aromatic heterocycles. The molecule has 0 spiro atoms. The number of rotatable bonds is 2. The van der Waals surface area contributed by atoms with Crippen molar-refractivity contribution < 1.29 is 9.90 Å². The lowest BCUT2D eigenvalue weighted by Crippen LogP contribution is -2.46. The second-order valence-electron chi connectivity index (χ2n) is 4.35. The van der Waals surface area contributed by atoms with Crippen LogP contribution in [-0.2, 0) is 0 Å². The van der Waals surface area contributed by atoms with Crippen molar-refractivity contribution in [3.05, 3.63) is 17.3 Å². The second-order valence-corrected chi connectivity index (χ2v) is 5.35. The highest BCUT2D eigenvalue weighted by atomic mass is 32.1. The summed E-state index contributed by atoms with van der Waals surface area (Å²) in [5.41, 5.74) is 6.85. The second kappa shape index (κ2) is 4.18. The number of carbonyl (C=O) groups excluding carboxylic acids is 1. The number of hydrogen-bond donors (Lipinski definition) is 3. The van der Waals surface area contributed by atoms with Crippen LogP contribution in [-0.4, -0.2) is 33.1 Å². The van der Waals surface area contributed by atoms with E-state index < -0.39 is 0 Å². The van der Waals surface area contributed by atoms with Gasteiger partial charge < -0.3 is 16.2 Å². The van der Waals surface area contributed by atoms with Gasteiger partial charge in [0.25, 0.3) is 5.91 Å². The third-order valence-electron chi connectivity index (χ3n) is 3.02. The summed E-state index contributed by atoms with van der Waals surface area (Å²) in [5.74, 6) is -0.214. The number of fused-ring (bicyclic) bond motifs is 1. The van der Waals surface area contributed by atoms with E-state index in [2.05, 4.69) is 15.3 Å². The van der Waals surface area contributed by atoms with Crippen LogP contribution < -0.4 is 11.1 Å².